The zero-order valence-electron chi connectivity index (χ0n) is 12.2. The van der Waals surface area contributed by atoms with Crippen molar-refractivity contribution in [3.05, 3.63) is 58.3 Å². The average molecular weight is 361 g/mol. The molecule has 0 aliphatic carbocycles. The summed E-state index contributed by atoms with van der Waals surface area (Å²) < 4.78 is 14.6. The van der Waals surface area contributed by atoms with Crippen LogP contribution in [0.4, 0.5) is 4.39 Å². The van der Waals surface area contributed by atoms with Crippen LogP contribution in [0, 0.1) is 5.82 Å². The number of aryl methyl sites for hydroxylation is 1. The lowest BCUT2D eigenvalue weighted by molar-refractivity contribution is 0.628. The summed E-state index contributed by atoms with van der Waals surface area (Å²) in [5.41, 5.74) is 9.80. The van der Waals surface area contributed by atoms with Crippen LogP contribution in [0.3, 0.4) is 0 Å². The highest BCUT2D eigenvalue weighted by Gasteiger charge is 2.13. The van der Waals surface area contributed by atoms with Gasteiger partial charge in [-0.2, -0.15) is 0 Å². The first kappa shape index (κ1) is 15.3. The van der Waals surface area contributed by atoms with Crippen LogP contribution in [0.25, 0.3) is 22.2 Å². The third-order valence-corrected chi connectivity index (χ3v) is 4.36. The van der Waals surface area contributed by atoms with Crippen molar-refractivity contribution < 1.29 is 4.39 Å². The van der Waals surface area contributed by atoms with E-state index in [1.165, 1.54) is 17.0 Å². The third-order valence-electron chi connectivity index (χ3n) is 3.86. The number of aromatic nitrogens is 1. The highest BCUT2D eigenvalue weighted by atomic mass is 79.9. The fourth-order valence-corrected chi connectivity index (χ4v) is 3.18. The van der Waals surface area contributed by atoms with Crippen molar-refractivity contribution in [2.45, 2.75) is 19.3 Å². The maximum Gasteiger partial charge on any atom is 0.123 e. The first-order valence-electron chi connectivity index (χ1n) is 7.45. The van der Waals surface area contributed by atoms with Crippen molar-refractivity contribution in [1.82, 2.24) is 4.98 Å². The highest BCUT2D eigenvalue weighted by molar-refractivity contribution is 9.10. The maximum absolute atomic E-state index is 13.6. The average Bonchev–Trinajstić information content (AvgIpc) is 2.86. The lowest BCUT2D eigenvalue weighted by atomic mass is 10.0. The molecule has 1 aromatic heterocycles. The molecule has 0 bridgehead atoms. The largest absolute Gasteiger partial charge is 0.354 e. The molecule has 0 radical (unpaired) electrons. The van der Waals surface area contributed by atoms with Gasteiger partial charge in [0.25, 0.3) is 0 Å². The summed E-state index contributed by atoms with van der Waals surface area (Å²) in [7, 11) is 0. The van der Waals surface area contributed by atoms with E-state index in [0.717, 1.165) is 40.5 Å². The van der Waals surface area contributed by atoms with E-state index >= 15 is 0 Å². The number of nitrogens with two attached hydrogens (primary N) is 1. The normalized spacial score (nSPS) is 11.2. The lowest BCUT2D eigenvalue weighted by Gasteiger charge is -2.05. The fraction of sp³-hybridized carbons (Fsp3) is 0.222. The number of hydrogen-bond donors (Lipinski definition) is 2. The van der Waals surface area contributed by atoms with Gasteiger partial charge in [-0.1, -0.05) is 28.1 Å². The van der Waals surface area contributed by atoms with Crippen LogP contribution in [-0.4, -0.2) is 11.5 Å². The Balaban J connectivity index is 2.13. The molecule has 0 fully saturated rings. The summed E-state index contributed by atoms with van der Waals surface area (Å²) in [6.45, 7) is 0.696. The van der Waals surface area contributed by atoms with Gasteiger partial charge in [0.1, 0.15) is 5.82 Å². The first-order chi connectivity index (χ1) is 10.7. The van der Waals surface area contributed by atoms with Crippen molar-refractivity contribution in [1.29, 1.82) is 0 Å². The van der Waals surface area contributed by atoms with E-state index in [1.54, 1.807) is 12.1 Å². The van der Waals surface area contributed by atoms with Gasteiger partial charge in [-0.05, 0) is 61.7 Å². The molecule has 2 nitrogen and oxygen atoms in total. The molecule has 3 rings (SSSR count). The summed E-state index contributed by atoms with van der Waals surface area (Å²) in [4.78, 5) is 3.44. The van der Waals surface area contributed by atoms with Gasteiger partial charge in [0, 0.05) is 26.6 Å². The van der Waals surface area contributed by atoms with Gasteiger partial charge in [0.15, 0.2) is 0 Å². The monoisotopic (exact) mass is 360 g/mol. The third kappa shape index (κ3) is 3.08. The van der Waals surface area contributed by atoms with E-state index < -0.39 is 0 Å². The number of fused-ring (bicyclic) bond motifs is 1. The van der Waals surface area contributed by atoms with Crippen LogP contribution < -0.4 is 5.73 Å². The van der Waals surface area contributed by atoms with Crippen LogP contribution in [0.5, 0.6) is 0 Å². The van der Waals surface area contributed by atoms with E-state index in [2.05, 4.69) is 33.0 Å². The summed E-state index contributed by atoms with van der Waals surface area (Å²) >= 11 is 3.53. The standard InChI is InChI=1S/C18H18BrFN2/c19-13-7-8-17-16(11-13)15(6-1-2-9-21)18(22-17)12-4-3-5-14(20)10-12/h3-5,7-8,10-11,22H,1-2,6,9,21H2. The molecule has 114 valence electrons. The van der Waals surface area contributed by atoms with Crippen molar-refractivity contribution >= 4 is 26.8 Å². The van der Waals surface area contributed by atoms with Gasteiger partial charge >= 0.3 is 0 Å². The van der Waals surface area contributed by atoms with E-state index in [9.17, 15) is 4.39 Å². The number of rotatable bonds is 5. The molecule has 0 saturated carbocycles. The van der Waals surface area contributed by atoms with Crippen LogP contribution in [0.1, 0.15) is 18.4 Å². The molecule has 0 saturated heterocycles. The van der Waals surface area contributed by atoms with Gasteiger partial charge < -0.3 is 10.7 Å². The van der Waals surface area contributed by atoms with Gasteiger partial charge in [0.2, 0.25) is 0 Å². The molecule has 0 atom stereocenters. The van der Waals surface area contributed by atoms with Gasteiger partial charge in [-0.25, -0.2) is 4.39 Å². The van der Waals surface area contributed by atoms with E-state index in [1.807, 2.05) is 12.1 Å². The second-order valence-electron chi connectivity index (χ2n) is 5.42. The van der Waals surface area contributed by atoms with Crippen LogP contribution in [-0.2, 0) is 6.42 Å². The zero-order chi connectivity index (χ0) is 15.5. The summed E-state index contributed by atoms with van der Waals surface area (Å²) in [6.07, 6.45) is 2.95. The minimum Gasteiger partial charge on any atom is -0.354 e. The summed E-state index contributed by atoms with van der Waals surface area (Å²) in [5, 5.41) is 1.19. The van der Waals surface area contributed by atoms with E-state index in [4.69, 9.17) is 5.73 Å². The Morgan fingerprint density at radius 3 is 2.73 bits per heavy atom. The molecule has 4 heteroatoms. The van der Waals surface area contributed by atoms with Crippen LogP contribution in [0.2, 0.25) is 0 Å². The van der Waals surface area contributed by atoms with Gasteiger partial charge in [-0.15, -0.1) is 0 Å². The molecule has 22 heavy (non-hydrogen) atoms. The quantitative estimate of drug-likeness (QED) is 0.616. The Morgan fingerprint density at radius 1 is 1.09 bits per heavy atom. The minimum atomic E-state index is -0.217. The molecule has 3 aromatic rings. The van der Waals surface area contributed by atoms with Gasteiger partial charge in [-0.3, -0.25) is 0 Å². The number of aromatic amines is 1. The molecule has 0 unspecified atom stereocenters. The Morgan fingerprint density at radius 2 is 1.95 bits per heavy atom. The van der Waals surface area contributed by atoms with E-state index in [-0.39, 0.29) is 5.82 Å². The van der Waals surface area contributed by atoms with Crippen LogP contribution in [0.15, 0.2) is 46.9 Å². The minimum absolute atomic E-state index is 0.217. The first-order valence-corrected chi connectivity index (χ1v) is 8.24. The van der Waals surface area contributed by atoms with E-state index in [0.29, 0.717) is 6.54 Å². The second kappa shape index (κ2) is 6.63. The SMILES string of the molecule is NCCCCc1c(-c2cccc(F)c2)[nH]c2ccc(Br)cc12. The molecular formula is C18H18BrFN2. The number of hydrogen-bond acceptors (Lipinski definition) is 1. The zero-order valence-corrected chi connectivity index (χ0v) is 13.8. The molecule has 0 amide bonds. The topological polar surface area (TPSA) is 41.8 Å². The maximum atomic E-state index is 13.6. The lowest BCUT2D eigenvalue weighted by Crippen LogP contribution is -1.99. The second-order valence-corrected chi connectivity index (χ2v) is 6.34. The predicted molar refractivity (Wildman–Crippen MR) is 93.4 cm³/mol. The molecule has 0 aliphatic heterocycles. The number of unbranched alkanes of at least 4 members (excludes halogenated alkanes) is 1. The predicted octanol–water partition coefficient (Wildman–Crippen LogP) is 5.02. The Bertz CT molecular complexity index is 795. The number of nitrogens with one attached hydrogen (secondary N) is 1. The van der Waals surface area contributed by atoms with Gasteiger partial charge in [0.05, 0.1) is 0 Å². The number of H-pyrrole nitrogens is 1. The fourth-order valence-electron chi connectivity index (χ4n) is 2.82. The Labute approximate surface area is 137 Å². The van der Waals surface area contributed by atoms with Crippen molar-refractivity contribution in [3.63, 3.8) is 0 Å². The molecule has 0 aliphatic rings. The number of benzene rings is 2. The Hall–Kier alpha value is -1.65. The highest BCUT2D eigenvalue weighted by Crippen LogP contribution is 2.33. The van der Waals surface area contributed by atoms with Crippen molar-refractivity contribution in [2.75, 3.05) is 6.54 Å². The number of halogens is 2. The summed E-state index contributed by atoms with van der Waals surface area (Å²) in [6, 6.07) is 12.9. The molecule has 3 N–H and O–H groups in total. The van der Waals surface area contributed by atoms with Crippen LogP contribution >= 0.6 is 15.9 Å². The van der Waals surface area contributed by atoms with Crippen molar-refractivity contribution in [2.24, 2.45) is 5.73 Å². The molecular weight excluding hydrogens is 343 g/mol. The molecule has 1 heterocycles. The summed E-state index contributed by atoms with van der Waals surface area (Å²) in [5.74, 6) is -0.217. The molecule has 0 spiro atoms. The molecule has 2 aromatic carbocycles. The smallest absolute Gasteiger partial charge is 0.123 e. The van der Waals surface area contributed by atoms with Crippen molar-refractivity contribution in [3.8, 4) is 11.3 Å². The Kier molecular flexibility index (Phi) is 4.60.